The molecule has 0 aromatic rings. The Balaban J connectivity index is 2.26. The monoisotopic (exact) mass is 256 g/mol. The number of hydrogen-bond acceptors (Lipinski definition) is 4. The predicted octanol–water partition coefficient (Wildman–Crippen LogP) is 1.01. The van der Waals surface area contributed by atoms with Gasteiger partial charge in [0, 0.05) is 0 Å². The van der Waals surface area contributed by atoms with Crippen molar-refractivity contribution in [2.45, 2.75) is 38.6 Å². The highest BCUT2D eigenvalue weighted by molar-refractivity contribution is 5.79. The van der Waals surface area contributed by atoms with E-state index < -0.39 is 18.1 Å². The summed E-state index contributed by atoms with van der Waals surface area (Å²) in [4.78, 5) is 22.3. The van der Waals surface area contributed by atoms with Crippen molar-refractivity contribution in [1.82, 2.24) is 5.32 Å². The second kappa shape index (κ2) is 7.00. The Morgan fingerprint density at radius 1 is 1.50 bits per heavy atom. The Kier molecular flexibility index (Phi) is 5.64. The molecule has 1 aliphatic carbocycles. The van der Waals surface area contributed by atoms with Gasteiger partial charge in [0.1, 0.15) is 12.6 Å². The molecule has 18 heavy (non-hydrogen) atoms. The summed E-state index contributed by atoms with van der Waals surface area (Å²) in [7, 11) is 0. The predicted molar refractivity (Wildman–Crippen MR) is 66.1 cm³/mol. The van der Waals surface area contributed by atoms with Crippen LogP contribution < -0.4 is 11.1 Å². The van der Waals surface area contributed by atoms with Crippen LogP contribution in [0.25, 0.3) is 0 Å². The first-order valence-corrected chi connectivity index (χ1v) is 6.08. The molecule has 102 valence electrons. The zero-order valence-corrected chi connectivity index (χ0v) is 10.6. The van der Waals surface area contributed by atoms with Crippen molar-refractivity contribution in [3.8, 4) is 0 Å². The summed E-state index contributed by atoms with van der Waals surface area (Å²) < 4.78 is 4.93. The first-order valence-electron chi connectivity index (χ1n) is 6.08. The van der Waals surface area contributed by atoms with Crippen molar-refractivity contribution in [1.29, 1.82) is 0 Å². The molecule has 4 N–H and O–H groups in total. The molecule has 0 aromatic heterocycles. The Morgan fingerprint density at radius 2 is 2.17 bits per heavy atom. The molecule has 0 unspecified atom stereocenters. The zero-order chi connectivity index (χ0) is 13.5. The number of alkyl carbamates (subject to hydrolysis) is 1. The highest BCUT2D eigenvalue weighted by Gasteiger charge is 2.22. The van der Waals surface area contributed by atoms with Gasteiger partial charge in [-0.25, -0.2) is 9.59 Å². The van der Waals surface area contributed by atoms with E-state index >= 15 is 0 Å². The van der Waals surface area contributed by atoms with Gasteiger partial charge in [0.2, 0.25) is 0 Å². The van der Waals surface area contributed by atoms with Crippen LogP contribution in [0.4, 0.5) is 4.79 Å². The maximum atomic E-state index is 11.4. The topological polar surface area (TPSA) is 102 Å². The number of carbonyl (C=O) groups is 2. The largest absolute Gasteiger partial charge is 0.480 e. The fraction of sp³-hybridized carbons (Fsp3) is 0.667. The lowest BCUT2D eigenvalue weighted by Crippen LogP contribution is -2.41. The second-order valence-electron chi connectivity index (χ2n) is 4.46. The van der Waals surface area contributed by atoms with Crippen molar-refractivity contribution in [2.75, 3.05) is 13.2 Å². The molecule has 0 bridgehead atoms. The Morgan fingerprint density at radius 3 is 2.67 bits per heavy atom. The van der Waals surface area contributed by atoms with E-state index in [9.17, 15) is 9.59 Å². The third-order valence-electron chi connectivity index (χ3n) is 2.87. The van der Waals surface area contributed by atoms with Gasteiger partial charge in [-0.2, -0.15) is 0 Å². The number of unbranched alkanes of at least 4 members (excludes halogenated alkanes) is 1. The first-order chi connectivity index (χ1) is 8.54. The number of aliphatic carboxylic acids is 1. The summed E-state index contributed by atoms with van der Waals surface area (Å²) in [6.45, 7) is 2.75. The van der Waals surface area contributed by atoms with Gasteiger partial charge >= 0.3 is 12.1 Å². The molecule has 0 aromatic carbocycles. The first kappa shape index (κ1) is 14.5. The highest BCUT2D eigenvalue weighted by atomic mass is 16.5. The van der Waals surface area contributed by atoms with Gasteiger partial charge in [-0.05, 0) is 44.7 Å². The molecule has 1 rings (SSSR count). The Hall–Kier alpha value is -1.56. The van der Waals surface area contributed by atoms with Crippen LogP contribution in [0.15, 0.2) is 11.1 Å². The number of hydrogen-bond donors (Lipinski definition) is 3. The molecule has 0 heterocycles. The standard InChI is InChI=1S/C12H20N2O4/c1-8-6-9(8)7-18-12(17)14-10(11(15)16)4-2-3-5-13/h10H,2-7,13H2,1H3,(H,14,17)(H,15,16)/t10-/m0/s1. The zero-order valence-electron chi connectivity index (χ0n) is 10.6. The van der Waals surface area contributed by atoms with Crippen LogP contribution in [0.1, 0.15) is 32.6 Å². The minimum atomic E-state index is -1.05. The number of amides is 1. The van der Waals surface area contributed by atoms with Crippen LogP contribution in [0.2, 0.25) is 0 Å². The number of nitrogens with one attached hydrogen (secondary N) is 1. The molecular weight excluding hydrogens is 236 g/mol. The second-order valence-corrected chi connectivity index (χ2v) is 4.46. The number of carbonyl (C=O) groups excluding carboxylic acids is 1. The van der Waals surface area contributed by atoms with Crippen molar-refractivity contribution in [2.24, 2.45) is 5.73 Å². The van der Waals surface area contributed by atoms with Gasteiger partial charge in [0.25, 0.3) is 0 Å². The lowest BCUT2D eigenvalue weighted by Gasteiger charge is -2.13. The molecule has 0 aliphatic heterocycles. The molecule has 6 heteroatoms. The SMILES string of the molecule is CC1=C(COC(=O)N[C@@H](CCCCN)C(=O)O)C1. The van der Waals surface area contributed by atoms with Crippen LogP contribution in [-0.2, 0) is 9.53 Å². The van der Waals surface area contributed by atoms with E-state index in [2.05, 4.69) is 5.32 Å². The molecule has 0 fully saturated rings. The van der Waals surface area contributed by atoms with Gasteiger partial charge in [0.05, 0.1) is 0 Å². The molecule has 1 amide bonds. The molecule has 0 saturated carbocycles. The lowest BCUT2D eigenvalue weighted by molar-refractivity contribution is -0.139. The Labute approximate surface area is 106 Å². The normalized spacial score (nSPS) is 15.2. The molecule has 0 spiro atoms. The molecule has 1 atom stereocenters. The fourth-order valence-corrected chi connectivity index (χ4v) is 1.54. The highest BCUT2D eigenvalue weighted by Crippen LogP contribution is 2.29. The van der Waals surface area contributed by atoms with Crippen molar-refractivity contribution in [3.05, 3.63) is 11.1 Å². The summed E-state index contributed by atoms with van der Waals surface area (Å²) in [5, 5.41) is 11.3. The van der Waals surface area contributed by atoms with E-state index in [1.54, 1.807) is 0 Å². The van der Waals surface area contributed by atoms with Gasteiger partial charge in [-0.3, -0.25) is 0 Å². The third kappa shape index (κ3) is 5.18. The lowest BCUT2D eigenvalue weighted by atomic mass is 10.1. The molecule has 0 saturated heterocycles. The van der Waals surface area contributed by atoms with Crippen LogP contribution in [0, 0.1) is 0 Å². The average molecular weight is 256 g/mol. The van der Waals surface area contributed by atoms with Crippen molar-refractivity contribution in [3.63, 3.8) is 0 Å². The fourth-order valence-electron chi connectivity index (χ4n) is 1.54. The number of allylic oxidation sites excluding steroid dienone is 1. The summed E-state index contributed by atoms with van der Waals surface area (Å²) in [6.07, 6.45) is 2.00. The number of rotatable bonds is 8. The van der Waals surface area contributed by atoms with E-state index in [0.717, 1.165) is 18.4 Å². The quantitative estimate of drug-likeness (QED) is 0.444. The van der Waals surface area contributed by atoms with Gasteiger partial charge in [-0.1, -0.05) is 5.57 Å². The minimum Gasteiger partial charge on any atom is -0.480 e. The third-order valence-corrected chi connectivity index (χ3v) is 2.87. The van der Waals surface area contributed by atoms with E-state index in [0.29, 0.717) is 19.4 Å². The number of nitrogens with two attached hydrogens (primary N) is 1. The van der Waals surface area contributed by atoms with Gasteiger partial charge < -0.3 is 20.9 Å². The van der Waals surface area contributed by atoms with Gasteiger partial charge in [0.15, 0.2) is 0 Å². The summed E-state index contributed by atoms with van der Waals surface area (Å²) in [5.74, 6) is -1.05. The molecular formula is C12H20N2O4. The molecule has 6 nitrogen and oxygen atoms in total. The van der Waals surface area contributed by atoms with E-state index in [4.69, 9.17) is 15.6 Å². The number of ether oxygens (including phenoxy) is 1. The van der Waals surface area contributed by atoms with Crippen LogP contribution in [0.3, 0.4) is 0 Å². The van der Waals surface area contributed by atoms with E-state index in [-0.39, 0.29) is 6.61 Å². The van der Waals surface area contributed by atoms with Crippen molar-refractivity contribution < 1.29 is 19.4 Å². The smallest absolute Gasteiger partial charge is 0.408 e. The van der Waals surface area contributed by atoms with Crippen LogP contribution in [0.5, 0.6) is 0 Å². The summed E-state index contributed by atoms with van der Waals surface area (Å²) >= 11 is 0. The maximum Gasteiger partial charge on any atom is 0.408 e. The Bertz CT molecular complexity index is 352. The molecule has 1 aliphatic rings. The minimum absolute atomic E-state index is 0.257. The van der Waals surface area contributed by atoms with E-state index in [1.807, 2.05) is 6.92 Å². The molecule has 0 radical (unpaired) electrons. The number of carboxylic acid groups (broad SMARTS) is 1. The average Bonchev–Trinajstić information content (AvgIpc) is 3.01. The van der Waals surface area contributed by atoms with Crippen molar-refractivity contribution >= 4 is 12.1 Å². The van der Waals surface area contributed by atoms with Crippen LogP contribution in [-0.4, -0.2) is 36.4 Å². The summed E-state index contributed by atoms with van der Waals surface area (Å²) in [6, 6.07) is -0.904. The summed E-state index contributed by atoms with van der Waals surface area (Å²) in [5.41, 5.74) is 7.68. The number of carboxylic acids is 1. The maximum absolute atomic E-state index is 11.4. The van der Waals surface area contributed by atoms with E-state index in [1.165, 1.54) is 5.57 Å². The van der Waals surface area contributed by atoms with Crippen LogP contribution >= 0.6 is 0 Å². The van der Waals surface area contributed by atoms with Gasteiger partial charge in [-0.15, -0.1) is 0 Å².